The summed E-state index contributed by atoms with van der Waals surface area (Å²) in [5.41, 5.74) is 1.17. The average Bonchev–Trinajstić information content (AvgIpc) is 3.00. The van der Waals surface area contributed by atoms with Gasteiger partial charge in [-0.2, -0.15) is 0 Å². The Labute approximate surface area is 136 Å². The number of methoxy groups -OCH3 is 1. The number of aryl methyl sites for hydroxylation is 2. The molecule has 1 heterocycles. The van der Waals surface area contributed by atoms with E-state index in [0.29, 0.717) is 36.5 Å². The molecule has 7 nitrogen and oxygen atoms in total. The fraction of sp³-hybridized carbons (Fsp3) is 0.533. The van der Waals surface area contributed by atoms with E-state index in [1.54, 1.807) is 19.9 Å². The van der Waals surface area contributed by atoms with Crippen molar-refractivity contribution in [2.24, 2.45) is 0 Å². The average molecular weight is 343 g/mol. The summed E-state index contributed by atoms with van der Waals surface area (Å²) in [7, 11) is -2.43. The summed E-state index contributed by atoms with van der Waals surface area (Å²) < 4.78 is 42.3. The van der Waals surface area contributed by atoms with E-state index >= 15 is 0 Å². The first-order valence-corrected chi connectivity index (χ1v) is 8.72. The fourth-order valence-corrected chi connectivity index (χ4v) is 3.63. The maximum absolute atomic E-state index is 12.4. The second-order valence-electron chi connectivity index (χ2n) is 5.41. The van der Waals surface area contributed by atoms with E-state index in [4.69, 9.17) is 14.2 Å². The first kappa shape index (κ1) is 17.7. The predicted octanol–water partition coefficient (Wildman–Crippen LogP) is 0.922. The van der Waals surface area contributed by atoms with Crippen LogP contribution in [-0.4, -0.2) is 47.4 Å². The van der Waals surface area contributed by atoms with E-state index < -0.39 is 15.9 Å². The molecule has 1 atom stereocenters. The van der Waals surface area contributed by atoms with Gasteiger partial charge >= 0.3 is 0 Å². The van der Waals surface area contributed by atoms with Crippen molar-refractivity contribution < 1.29 is 27.4 Å². The van der Waals surface area contributed by atoms with Gasteiger partial charge < -0.3 is 14.2 Å². The molecular weight excluding hydrogens is 322 g/mol. The molecule has 1 N–H and O–H groups in total. The Morgan fingerprint density at radius 2 is 2.09 bits per heavy atom. The van der Waals surface area contributed by atoms with Crippen molar-refractivity contribution in [2.45, 2.75) is 31.3 Å². The maximum atomic E-state index is 12.4. The van der Waals surface area contributed by atoms with E-state index in [1.165, 1.54) is 13.2 Å². The largest absolute Gasteiger partial charge is 0.496 e. The second kappa shape index (κ2) is 7.29. The number of carbonyl (C=O) groups is 1. The number of hydrogen-bond donors (Lipinski definition) is 1. The lowest BCUT2D eigenvalue weighted by Crippen LogP contribution is -2.35. The van der Waals surface area contributed by atoms with Gasteiger partial charge in [0.15, 0.2) is 0 Å². The van der Waals surface area contributed by atoms with Crippen LogP contribution in [0.5, 0.6) is 5.75 Å². The first-order valence-electron chi connectivity index (χ1n) is 7.23. The van der Waals surface area contributed by atoms with Gasteiger partial charge in [-0.15, -0.1) is 0 Å². The van der Waals surface area contributed by atoms with Gasteiger partial charge in [0.1, 0.15) is 12.4 Å². The molecule has 0 aromatic heterocycles. The molecule has 0 bridgehead atoms. The van der Waals surface area contributed by atoms with Gasteiger partial charge in [0.05, 0.1) is 24.7 Å². The maximum Gasteiger partial charge on any atom is 0.264 e. The molecule has 0 aliphatic carbocycles. The zero-order valence-corrected chi connectivity index (χ0v) is 14.2. The molecule has 1 aliphatic rings. The molecule has 0 unspecified atom stereocenters. The highest BCUT2D eigenvalue weighted by molar-refractivity contribution is 7.90. The van der Waals surface area contributed by atoms with Gasteiger partial charge in [-0.25, -0.2) is 13.1 Å². The van der Waals surface area contributed by atoms with Crippen LogP contribution in [0.4, 0.5) is 0 Å². The van der Waals surface area contributed by atoms with E-state index in [2.05, 4.69) is 0 Å². The number of carbonyl (C=O) groups excluding carboxylic acids is 1. The van der Waals surface area contributed by atoms with Gasteiger partial charge in [-0.05, 0) is 43.5 Å². The highest BCUT2D eigenvalue weighted by Gasteiger charge is 2.23. The molecular formula is C15H21NO6S. The van der Waals surface area contributed by atoms with Crippen LogP contribution in [-0.2, 0) is 24.3 Å². The smallest absolute Gasteiger partial charge is 0.264 e. The van der Waals surface area contributed by atoms with E-state index in [1.807, 2.05) is 4.72 Å². The number of sulfonamides is 1. The summed E-state index contributed by atoms with van der Waals surface area (Å²) in [5.74, 6) is -0.109. The number of ether oxygens (including phenoxy) is 3. The molecule has 128 valence electrons. The van der Waals surface area contributed by atoms with Crippen molar-refractivity contribution in [1.29, 1.82) is 0 Å². The van der Waals surface area contributed by atoms with Crippen LogP contribution in [0.25, 0.3) is 0 Å². The highest BCUT2D eigenvalue weighted by Crippen LogP contribution is 2.25. The molecule has 23 heavy (non-hydrogen) atoms. The Bertz CT molecular complexity index is 679. The van der Waals surface area contributed by atoms with Crippen LogP contribution in [0, 0.1) is 13.8 Å². The van der Waals surface area contributed by atoms with Crippen LogP contribution in [0.1, 0.15) is 17.5 Å². The number of benzene rings is 1. The molecule has 1 amide bonds. The number of amides is 1. The molecule has 8 heteroatoms. The van der Waals surface area contributed by atoms with Crippen molar-refractivity contribution in [3.05, 3.63) is 23.3 Å². The topological polar surface area (TPSA) is 90.9 Å². The molecule has 1 aliphatic heterocycles. The van der Waals surface area contributed by atoms with Gasteiger partial charge in [0.25, 0.3) is 15.9 Å². The SMILES string of the molecule is COc1cc(C)c(S(=O)(=O)NC(=O)CO[C@H]2CCOC2)cc1C. The summed E-state index contributed by atoms with van der Waals surface area (Å²) in [6.45, 7) is 4.09. The van der Waals surface area contributed by atoms with Crippen molar-refractivity contribution in [3.8, 4) is 5.75 Å². The van der Waals surface area contributed by atoms with Crippen molar-refractivity contribution in [2.75, 3.05) is 26.9 Å². The Morgan fingerprint density at radius 3 is 2.70 bits per heavy atom. The third kappa shape index (κ3) is 4.43. The Morgan fingerprint density at radius 1 is 1.35 bits per heavy atom. The normalized spacial score (nSPS) is 18.0. The number of hydrogen-bond acceptors (Lipinski definition) is 6. The zero-order valence-electron chi connectivity index (χ0n) is 13.4. The summed E-state index contributed by atoms with van der Waals surface area (Å²) in [6, 6.07) is 3.11. The number of rotatable bonds is 6. The first-order chi connectivity index (χ1) is 10.8. The predicted molar refractivity (Wildman–Crippen MR) is 83.0 cm³/mol. The van der Waals surface area contributed by atoms with Gasteiger partial charge in [0, 0.05) is 6.61 Å². The molecule has 1 aromatic carbocycles. The van der Waals surface area contributed by atoms with E-state index in [-0.39, 0.29) is 17.6 Å². The Hall–Kier alpha value is -1.64. The minimum atomic E-state index is -3.95. The minimum absolute atomic E-state index is 0.0494. The summed E-state index contributed by atoms with van der Waals surface area (Å²) in [6.07, 6.45) is 0.546. The van der Waals surface area contributed by atoms with Crippen molar-refractivity contribution in [1.82, 2.24) is 4.72 Å². The molecule has 0 spiro atoms. The molecule has 1 saturated heterocycles. The molecule has 0 radical (unpaired) electrons. The Balaban J connectivity index is 2.06. The molecule has 2 rings (SSSR count). The van der Waals surface area contributed by atoms with E-state index in [9.17, 15) is 13.2 Å². The molecule has 1 fully saturated rings. The lowest BCUT2D eigenvalue weighted by Gasteiger charge is -2.13. The minimum Gasteiger partial charge on any atom is -0.496 e. The van der Waals surface area contributed by atoms with Gasteiger partial charge in [-0.3, -0.25) is 4.79 Å². The summed E-state index contributed by atoms with van der Waals surface area (Å²) in [4.78, 5) is 11.9. The fourth-order valence-electron chi connectivity index (χ4n) is 2.34. The van der Waals surface area contributed by atoms with Crippen molar-refractivity contribution >= 4 is 15.9 Å². The monoisotopic (exact) mass is 343 g/mol. The molecule has 0 saturated carbocycles. The Kier molecular flexibility index (Phi) is 5.61. The van der Waals surface area contributed by atoms with Crippen LogP contribution in [0.15, 0.2) is 17.0 Å². The molecule has 1 aromatic rings. The lowest BCUT2D eigenvalue weighted by atomic mass is 10.1. The quantitative estimate of drug-likeness (QED) is 0.826. The van der Waals surface area contributed by atoms with Crippen molar-refractivity contribution in [3.63, 3.8) is 0 Å². The third-order valence-corrected chi connectivity index (χ3v) is 5.08. The second-order valence-corrected chi connectivity index (χ2v) is 7.06. The number of nitrogens with one attached hydrogen (secondary N) is 1. The summed E-state index contributed by atoms with van der Waals surface area (Å²) >= 11 is 0. The van der Waals surface area contributed by atoms with E-state index in [0.717, 1.165) is 0 Å². The highest BCUT2D eigenvalue weighted by atomic mass is 32.2. The summed E-state index contributed by atoms with van der Waals surface area (Å²) in [5, 5.41) is 0. The third-order valence-electron chi connectivity index (χ3n) is 3.57. The standard InChI is InChI=1S/C15H21NO6S/c1-10-7-14(11(2)6-13(10)20-3)23(18,19)16-15(17)9-22-12-4-5-21-8-12/h6-7,12H,4-5,8-9H2,1-3H3,(H,16,17)/t12-/m0/s1. The van der Waals surface area contributed by atoms with Gasteiger partial charge in [0.2, 0.25) is 0 Å². The van der Waals surface area contributed by atoms with Gasteiger partial charge in [-0.1, -0.05) is 0 Å². The van der Waals surface area contributed by atoms with Crippen LogP contribution < -0.4 is 9.46 Å². The van der Waals surface area contributed by atoms with Crippen LogP contribution in [0.2, 0.25) is 0 Å². The lowest BCUT2D eigenvalue weighted by molar-refractivity contribution is -0.125. The van der Waals surface area contributed by atoms with Crippen LogP contribution >= 0.6 is 0 Å². The van der Waals surface area contributed by atoms with Crippen LogP contribution in [0.3, 0.4) is 0 Å². The zero-order chi connectivity index (χ0) is 17.0.